The largest absolute Gasteiger partial charge is 0.379 e. The van der Waals surface area contributed by atoms with Crippen LogP contribution in [-0.2, 0) is 21.8 Å². The van der Waals surface area contributed by atoms with Gasteiger partial charge in [0.2, 0.25) is 5.03 Å². The van der Waals surface area contributed by atoms with Gasteiger partial charge >= 0.3 is 0 Å². The first kappa shape index (κ1) is 16.5. The van der Waals surface area contributed by atoms with Crippen molar-refractivity contribution in [1.29, 1.82) is 0 Å². The summed E-state index contributed by atoms with van der Waals surface area (Å²) < 4.78 is 33.1. The maximum absolute atomic E-state index is 12.0. The van der Waals surface area contributed by atoms with Crippen LogP contribution in [0.25, 0.3) is 0 Å². The van der Waals surface area contributed by atoms with Crippen molar-refractivity contribution in [1.82, 2.24) is 24.6 Å². The average molecular weight is 356 g/mol. The molecule has 0 saturated carbocycles. The molecule has 19 heavy (non-hydrogen) atoms. The minimum Gasteiger partial charge on any atom is -0.379 e. The monoisotopic (exact) mass is 355 g/mol. The summed E-state index contributed by atoms with van der Waals surface area (Å²) in [5.74, 6) is 0. The summed E-state index contributed by atoms with van der Waals surface area (Å²) in [4.78, 5) is 1.99. The summed E-state index contributed by atoms with van der Waals surface area (Å²) in [6, 6.07) is 0. The van der Waals surface area contributed by atoms with Crippen LogP contribution in [0.3, 0.4) is 0 Å². The number of aryl methyl sites for hydroxylation is 1. The lowest BCUT2D eigenvalue weighted by molar-refractivity contribution is 0.122. The van der Waals surface area contributed by atoms with Gasteiger partial charge in [0, 0.05) is 20.1 Å². The first-order valence-corrected chi connectivity index (χ1v) is 7.89. The number of ether oxygens (including phenoxy) is 1. The predicted octanol–water partition coefficient (Wildman–Crippen LogP) is -0.566. The molecule has 1 heterocycles. The molecule has 1 N–H and O–H groups in total. The number of hydrogen-bond donors (Lipinski definition) is 1. The molecule has 1 rings (SSSR count). The van der Waals surface area contributed by atoms with E-state index < -0.39 is 10.0 Å². The smallest absolute Gasteiger partial charge is 0.260 e. The fourth-order valence-corrected chi connectivity index (χ4v) is 3.38. The Labute approximate surface area is 121 Å². The molecule has 1 aromatic heterocycles. The van der Waals surface area contributed by atoms with Gasteiger partial charge in [-0.25, -0.2) is 17.8 Å². The van der Waals surface area contributed by atoms with Crippen LogP contribution in [0.5, 0.6) is 0 Å². The number of likely N-dealkylation sites (N-methyl/N-ethyl adjacent to an activating group) is 1. The summed E-state index contributed by atoms with van der Waals surface area (Å²) >= 11 is 3.05. The summed E-state index contributed by atoms with van der Waals surface area (Å²) in [6.45, 7) is 1.87. The number of nitrogens with one attached hydrogen (secondary N) is 1. The molecule has 10 heteroatoms. The van der Waals surface area contributed by atoms with Gasteiger partial charge in [-0.15, -0.1) is 5.10 Å². The summed E-state index contributed by atoms with van der Waals surface area (Å²) in [5, 5.41) is 7.26. The number of sulfonamides is 1. The molecule has 0 aliphatic heterocycles. The Hall–Kier alpha value is -0.550. The summed E-state index contributed by atoms with van der Waals surface area (Å²) in [6.07, 6.45) is 0. The molecule has 1 aromatic rings. The van der Waals surface area contributed by atoms with Crippen molar-refractivity contribution in [2.75, 3.05) is 40.4 Å². The van der Waals surface area contributed by atoms with Crippen LogP contribution in [0.2, 0.25) is 0 Å². The fraction of sp³-hybridized carbons (Fsp3) is 0.778. The third kappa shape index (κ3) is 5.15. The van der Waals surface area contributed by atoms with E-state index >= 15 is 0 Å². The van der Waals surface area contributed by atoms with Gasteiger partial charge in [-0.2, -0.15) is 0 Å². The SMILES string of the molecule is CN(C)CCOCCNS(=O)(=O)c1c(Br)nnn1C. The Kier molecular flexibility index (Phi) is 6.33. The molecule has 0 unspecified atom stereocenters. The van der Waals surface area contributed by atoms with Crippen LogP contribution in [0.1, 0.15) is 0 Å². The van der Waals surface area contributed by atoms with Crippen molar-refractivity contribution in [3.05, 3.63) is 4.60 Å². The predicted molar refractivity (Wildman–Crippen MR) is 73.3 cm³/mol. The highest BCUT2D eigenvalue weighted by molar-refractivity contribution is 9.10. The zero-order valence-corrected chi connectivity index (χ0v) is 13.5. The van der Waals surface area contributed by atoms with Gasteiger partial charge < -0.3 is 9.64 Å². The highest BCUT2D eigenvalue weighted by atomic mass is 79.9. The summed E-state index contributed by atoms with van der Waals surface area (Å²) in [7, 11) is 1.77. The topological polar surface area (TPSA) is 89.3 Å². The lowest BCUT2D eigenvalue weighted by atomic mass is 10.6. The molecule has 0 saturated heterocycles. The van der Waals surface area contributed by atoms with E-state index in [9.17, 15) is 8.42 Å². The second kappa shape index (κ2) is 7.29. The van der Waals surface area contributed by atoms with Crippen LogP contribution in [-0.4, -0.2) is 68.7 Å². The van der Waals surface area contributed by atoms with Gasteiger partial charge in [0.15, 0.2) is 4.60 Å². The van der Waals surface area contributed by atoms with E-state index in [0.29, 0.717) is 13.2 Å². The second-order valence-corrected chi connectivity index (χ2v) is 6.56. The van der Waals surface area contributed by atoms with Gasteiger partial charge in [0.1, 0.15) is 0 Å². The van der Waals surface area contributed by atoms with E-state index in [2.05, 4.69) is 31.0 Å². The molecule has 0 radical (unpaired) electrons. The van der Waals surface area contributed by atoms with Gasteiger partial charge in [-0.05, 0) is 30.0 Å². The van der Waals surface area contributed by atoms with Crippen molar-refractivity contribution in [2.24, 2.45) is 7.05 Å². The number of nitrogens with zero attached hydrogens (tertiary/aromatic N) is 4. The van der Waals surface area contributed by atoms with Crippen LogP contribution in [0.4, 0.5) is 0 Å². The number of halogens is 1. The van der Waals surface area contributed by atoms with Crippen molar-refractivity contribution in [3.63, 3.8) is 0 Å². The lowest BCUT2D eigenvalue weighted by Crippen LogP contribution is -2.30. The zero-order valence-electron chi connectivity index (χ0n) is 11.1. The Morgan fingerprint density at radius 2 is 2.11 bits per heavy atom. The van der Waals surface area contributed by atoms with E-state index in [0.717, 1.165) is 6.54 Å². The zero-order chi connectivity index (χ0) is 14.5. The van der Waals surface area contributed by atoms with Gasteiger partial charge in [-0.1, -0.05) is 5.21 Å². The first-order valence-electron chi connectivity index (χ1n) is 5.62. The van der Waals surface area contributed by atoms with Crippen LogP contribution in [0.15, 0.2) is 9.63 Å². The van der Waals surface area contributed by atoms with Crippen molar-refractivity contribution in [2.45, 2.75) is 5.03 Å². The van der Waals surface area contributed by atoms with Gasteiger partial charge in [-0.3, -0.25) is 0 Å². The maximum Gasteiger partial charge on any atom is 0.260 e. The quantitative estimate of drug-likeness (QED) is 0.628. The third-order valence-electron chi connectivity index (χ3n) is 2.21. The molecule has 0 aliphatic carbocycles. The molecule has 0 spiro atoms. The minimum atomic E-state index is -3.63. The highest BCUT2D eigenvalue weighted by Crippen LogP contribution is 2.17. The second-order valence-electron chi connectivity index (χ2n) is 4.12. The Morgan fingerprint density at radius 1 is 1.42 bits per heavy atom. The van der Waals surface area contributed by atoms with Gasteiger partial charge in [0.25, 0.3) is 10.0 Å². The lowest BCUT2D eigenvalue weighted by Gasteiger charge is -2.10. The van der Waals surface area contributed by atoms with E-state index in [1.165, 1.54) is 11.7 Å². The summed E-state index contributed by atoms with van der Waals surface area (Å²) in [5.41, 5.74) is 0. The molecule has 8 nitrogen and oxygen atoms in total. The Morgan fingerprint density at radius 3 is 2.63 bits per heavy atom. The first-order chi connectivity index (χ1) is 8.84. The fourth-order valence-electron chi connectivity index (χ4n) is 1.27. The van der Waals surface area contributed by atoms with Crippen molar-refractivity contribution in [3.8, 4) is 0 Å². The molecule has 0 amide bonds. The molecule has 0 aromatic carbocycles. The standard InChI is InChI=1S/C9H18BrN5O3S/c1-14(2)5-7-18-6-4-11-19(16,17)9-8(10)12-13-15(9)3/h11H,4-7H2,1-3H3. The normalized spacial score (nSPS) is 12.3. The highest BCUT2D eigenvalue weighted by Gasteiger charge is 2.23. The minimum absolute atomic E-state index is 0.000733. The van der Waals surface area contributed by atoms with Crippen LogP contribution < -0.4 is 4.72 Å². The van der Waals surface area contributed by atoms with E-state index in [1.54, 1.807) is 0 Å². The molecule has 110 valence electrons. The Balaban J connectivity index is 2.40. The van der Waals surface area contributed by atoms with E-state index in [-0.39, 0.29) is 16.2 Å². The average Bonchev–Trinajstić information content (AvgIpc) is 2.63. The number of hydrogen-bond acceptors (Lipinski definition) is 6. The molecule has 0 fully saturated rings. The van der Waals surface area contributed by atoms with Crippen LogP contribution >= 0.6 is 15.9 Å². The van der Waals surface area contributed by atoms with Gasteiger partial charge in [0.05, 0.1) is 13.2 Å². The third-order valence-corrected chi connectivity index (χ3v) is 4.56. The molecule has 0 aliphatic rings. The molecule has 0 bridgehead atoms. The van der Waals surface area contributed by atoms with E-state index in [4.69, 9.17) is 4.74 Å². The Bertz CT molecular complexity index is 482. The molecular formula is C9H18BrN5O3S. The van der Waals surface area contributed by atoms with Crippen LogP contribution in [0, 0.1) is 0 Å². The number of rotatable bonds is 8. The number of aromatic nitrogens is 3. The molecule has 0 atom stereocenters. The van der Waals surface area contributed by atoms with E-state index in [1.807, 2.05) is 19.0 Å². The van der Waals surface area contributed by atoms with Crippen molar-refractivity contribution < 1.29 is 13.2 Å². The van der Waals surface area contributed by atoms with Crippen molar-refractivity contribution >= 4 is 26.0 Å². The maximum atomic E-state index is 12.0. The molecular weight excluding hydrogens is 338 g/mol.